The fraction of sp³-hybridized carbons (Fsp3) is 0.0714. The van der Waals surface area contributed by atoms with Crippen LogP contribution in [0.5, 0.6) is 0 Å². The van der Waals surface area contributed by atoms with Gasteiger partial charge in [0.15, 0.2) is 0 Å². The summed E-state index contributed by atoms with van der Waals surface area (Å²) in [6.07, 6.45) is 0. The summed E-state index contributed by atoms with van der Waals surface area (Å²) in [6, 6.07) is 22.8. The predicted molar refractivity (Wildman–Crippen MR) is 149 cm³/mol. The highest BCUT2D eigenvalue weighted by Crippen LogP contribution is 2.48. The lowest BCUT2D eigenvalue weighted by atomic mass is 10.0. The van der Waals surface area contributed by atoms with Crippen molar-refractivity contribution in [1.29, 1.82) is 0 Å². The van der Waals surface area contributed by atoms with Crippen molar-refractivity contribution in [3.8, 4) is 32.0 Å². The molecule has 1 aliphatic carbocycles. The molecule has 4 aromatic heterocycles. The van der Waals surface area contributed by atoms with Gasteiger partial charge in [-0.2, -0.15) is 0 Å². The second-order valence-corrected chi connectivity index (χ2v) is 11.6. The molecule has 0 bridgehead atoms. The lowest BCUT2D eigenvalue weighted by Crippen LogP contribution is -1.81. The van der Waals surface area contributed by atoms with E-state index in [0.29, 0.717) is 0 Å². The van der Waals surface area contributed by atoms with Crippen molar-refractivity contribution in [3.63, 3.8) is 0 Å². The minimum absolute atomic E-state index is 1.14. The Kier molecular flexibility index (Phi) is 4.92. The van der Waals surface area contributed by atoms with Gasteiger partial charge in [0.2, 0.25) is 0 Å². The van der Waals surface area contributed by atoms with Crippen LogP contribution in [-0.4, -0.2) is 0 Å². The Hall–Kier alpha value is -2.50. The number of hydrogen-bond donors (Lipinski definition) is 0. The third kappa shape index (κ3) is 3.06. The third-order valence-electron chi connectivity index (χ3n) is 5.83. The minimum atomic E-state index is 1.14. The van der Waals surface area contributed by atoms with Gasteiger partial charge in [-0.25, -0.2) is 0 Å². The summed E-state index contributed by atoms with van der Waals surface area (Å²) in [5.74, 6) is 0. The molecule has 0 nitrogen and oxygen atoms in total. The molecule has 0 aliphatic heterocycles. The van der Waals surface area contributed by atoms with Gasteiger partial charge in [0.1, 0.15) is 0 Å². The number of thiophene rings is 4. The van der Waals surface area contributed by atoms with Crippen molar-refractivity contribution in [3.05, 3.63) is 89.1 Å². The first kappa shape index (κ1) is 20.1. The molecule has 0 spiro atoms. The van der Waals surface area contributed by atoms with Gasteiger partial charge in [-0.15, -0.1) is 45.3 Å². The Morgan fingerprint density at radius 3 is 1.44 bits per heavy atom. The summed E-state index contributed by atoms with van der Waals surface area (Å²) in [4.78, 5) is 2.67. The van der Waals surface area contributed by atoms with E-state index in [9.17, 15) is 0 Å². The van der Waals surface area contributed by atoms with Crippen LogP contribution in [0.2, 0.25) is 0 Å². The van der Waals surface area contributed by atoms with Gasteiger partial charge in [0, 0.05) is 28.6 Å². The van der Waals surface area contributed by atoms with Gasteiger partial charge >= 0.3 is 0 Å². The summed E-state index contributed by atoms with van der Waals surface area (Å²) in [7, 11) is 0. The summed E-state index contributed by atoms with van der Waals surface area (Å²) >= 11 is 7.38. The lowest BCUT2D eigenvalue weighted by Gasteiger charge is -2.04. The summed E-state index contributed by atoms with van der Waals surface area (Å²) < 4.78 is 5.49. The summed E-state index contributed by atoms with van der Waals surface area (Å²) in [6.45, 7) is 8.48. The SMILES string of the molecule is C=C1c2cc(-c3cc4sccc4s3)ccc2-c2ccc(-c3cc4sccc4s3)cc21.CC. The fourth-order valence-electron chi connectivity index (χ4n) is 4.33. The molecule has 0 saturated heterocycles. The Morgan fingerprint density at radius 1 is 0.531 bits per heavy atom. The van der Waals surface area contributed by atoms with E-state index < -0.39 is 0 Å². The van der Waals surface area contributed by atoms with Crippen molar-refractivity contribution < 1.29 is 0 Å². The normalized spacial score (nSPS) is 12.1. The topological polar surface area (TPSA) is 0 Å². The van der Waals surface area contributed by atoms with E-state index in [1.54, 1.807) is 0 Å². The van der Waals surface area contributed by atoms with Crippen LogP contribution in [0.1, 0.15) is 25.0 Å². The largest absolute Gasteiger partial charge is 0.143 e. The highest BCUT2D eigenvalue weighted by atomic mass is 32.1. The Bertz CT molecular complexity index is 1440. The van der Waals surface area contributed by atoms with E-state index >= 15 is 0 Å². The zero-order chi connectivity index (χ0) is 21.8. The standard InChI is InChI=1S/C26H14S4.C2H6/c1-14-19-10-15(23-12-25-21(29-23)6-8-27-25)2-4-17(19)18-5-3-16(11-20(14)18)24-13-26-22(30-24)7-9-28-26;1-2/h2-13H,1H2;1-2H3. The molecule has 0 radical (unpaired) electrons. The van der Waals surface area contributed by atoms with Gasteiger partial charge in [-0.05, 0) is 86.1 Å². The molecule has 0 amide bonds. The van der Waals surface area contributed by atoms with Crippen molar-refractivity contribution in [2.45, 2.75) is 13.8 Å². The smallest absolute Gasteiger partial charge is 0.0457 e. The molecular weight excluding hydrogens is 465 g/mol. The van der Waals surface area contributed by atoms with E-state index in [1.165, 1.54) is 61.9 Å². The molecule has 4 heteroatoms. The van der Waals surface area contributed by atoms with Gasteiger partial charge < -0.3 is 0 Å². The first-order chi connectivity index (χ1) is 15.7. The minimum Gasteiger partial charge on any atom is -0.143 e. The van der Waals surface area contributed by atoms with E-state index in [2.05, 4.69) is 78.0 Å². The Morgan fingerprint density at radius 2 is 1.00 bits per heavy atom. The van der Waals surface area contributed by atoms with Crippen molar-refractivity contribution in [2.24, 2.45) is 0 Å². The van der Waals surface area contributed by atoms with E-state index in [0.717, 1.165) is 5.57 Å². The Labute approximate surface area is 203 Å². The zero-order valence-corrected chi connectivity index (χ0v) is 21.0. The van der Waals surface area contributed by atoms with Crippen LogP contribution in [-0.2, 0) is 0 Å². The van der Waals surface area contributed by atoms with E-state index in [4.69, 9.17) is 0 Å². The second kappa shape index (κ2) is 7.82. The van der Waals surface area contributed by atoms with Crippen LogP contribution >= 0.6 is 45.3 Å². The van der Waals surface area contributed by atoms with Crippen LogP contribution in [0.4, 0.5) is 0 Å². The van der Waals surface area contributed by atoms with Gasteiger partial charge in [-0.1, -0.05) is 44.7 Å². The molecule has 2 aromatic carbocycles. The van der Waals surface area contributed by atoms with Crippen LogP contribution < -0.4 is 0 Å². The van der Waals surface area contributed by atoms with Crippen LogP contribution in [0.15, 0.2) is 78.0 Å². The summed E-state index contributed by atoms with van der Waals surface area (Å²) in [5.41, 5.74) is 8.85. The maximum absolute atomic E-state index is 4.48. The maximum atomic E-state index is 4.48. The molecule has 7 rings (SSSR count). The zero-order valence-electron chi connectivity index (χ0n) is 17.8. The highest BCUT2D eigenvalue weighted by Gasteiger charge is 2.23. The summed E-state index contributed by atoms with van der Waals surface area (Å²) in [5, 5.41) is 4.34. The monoisotopic (exact) mass is 484 g/mol. The molecular formula is C28H20S4. The van der Waals surface area contributed by atoms with Crippen LogP contribution in [0.25, 0.3) is 56.4 Å². The molecule has 32 heavy (non-hydrogen) atoms. The molecule has 0 N–H and O–H groups in total. The molecule has 1 aliphatic rings. The van der Waals surface area contributed by atoms with E-state index in [-0.39, 0.29) is 0 Å². The fourth-order valence-corrected chi connectivity index (χ4v) is 8.54. The molecule has 0 fully saturated rings. The van der Waals surface area contributed by atoms with Gasteiger partial charge in [0.05, 0.1) is 0 Å². The first-order valence-corrected chi connectivity index (χ1v) is 14.1. The molecule has 4 heterocycles. The quantitative estimate of drug-likeness (QED) is 0.229. The van der Waals surface area contributed by atoms with Gasteiger partial charge in [-0.3, -0.25) is 0 Å². The van der Waals surface area contributed by atoms with Crippen molar-refractivity contribution >= 4 is 69.7 Å². The average Bonchev–Trinajstić information content (AvgIpc) is 3.61. The molecule has 0 atom stereocenters. The second-order valence-electron chi connectivity index (χ2n) is 7.52. The van der Waals surface area contributed by atoms with Crippen molar-refractivity contribution in [2.75, 3.05) is 0 Å². The van der Waals surface area contributed by atoms with Crippen molar-refractivity contribution in [1.82, 2.24) is 0 Å². The Balaban J connectivity index is 0.000000953. The third-order valence-corrected chi connectivity index (χ3v) is 10.1. The number of fused-ring (bicyclic) bond motifs is 5. The predicted octanol–water partition coefficient (Wildman–Crippen LogP) is 10.6. The van der Waals surface area contributed by atoms with E-state index in [1.807, 2.05) is 59.2 Å². The molecule has 0 saturated carbocycles. The maximum Gasteiger partial charge on any atom is 0.0457 e. The molecule has 0 unspecified atom stereocenters. The highest BCUT2D eigenvalue weighted by molar-refractivity contribution is 7.29. The van der Waals surface area contributed by atoms with Crippen LogP contribution in [0.3, 0.4) is 0 Å². The average molecular weight is 485 g/mol. The molecule has 156 valence electrons. The van der Waals surface area contributed by atoms with Crippen LogP contribution in [0, 0.1) is 0 Å². The lowest BCUT2D eigenvalue weighted by molar-refractivity contribution is 1.50. The number of rotatable bonds is 2. The number of hydrogen-bond acceptors (Lipinski definition) is 4. The number of benzene rings is 2. The van der Waals surface area contributed by atoms with Gasteiger partial charge in [0.25, 0.3) is 0 Å². The first-order valence-electron chi connectivity index (χ1n) is 10.7. The molecule has 6 aromatic rings.